The van der Waals surface area contributed by atoms with Gasteiger partial charge in [0.2, 0.25) is 0 Å². The first-order chi connectivity index (χ1) is 12.3. The van der Waals surface area contributed by atoms with Crippen LogP contribution in [-0.2, 0) is 19.4 Å². The molecule has 122 valence electrons. The van der Waals surface area contributed by atoms with E-state index < -0.39 is 0 Å². The van der Waals surface area contributed by atoms with Crippen LogP contribution in [0.15, 0.2) is 66.7 Å². The Morgan fingerprint density at radius 2 is 1.64 bits per heavy atom. The normalized spacial score (nSPS) is 12.8. The minimum absolute atomic E-state index is 0.623. The summed E-state index contributed by atoms with van der Waals surface area (Å²) < 4.78 is 6.33. The van der Waals surface area contributed by atoms with Gasteiger partial charge in [-0.1, -0.05) is 60.7 Å². The van der Waals surface area contributed by atoms with Gasteiger partial charge < -0.3 is 4.74 Å². The van der Waals surface area contributed by atoms with Crippen molar-refractivity contribution >= 4 is 21.5 Å². The van der Waals surface area contributed by atoms with E-state index in [0.717, 1.165) is 18.6 Å². The van der Waals surface area contributed by atoms with Crippen molar-refractivity contribution in [1.82, 2.24) is 0 Å². The number of hydrogen-bond donors (Lipinski definition) is 0. The van der Waals surface area contributed by atoms with Gasteiger partial charge in [0, 0.05) is 5.56 Å². The van der Waals surface area contributed by atoms with Crippen LogP contribution in [0, 0.1) is 6.92 Å². The fourth-order valence-corrected chi connectivity index (χ4v) is 4.20. The molecule has 0 spiro atoms. The maximum atomic E-state index is 6.33. The third kappa shape index (κ3) is 2.31. The van der Waals surface area contributed by atoms with Crippen molar-refractivity contribution in [2.24, 2.45) is 0 Å². The molecule has 0 N–H and O–H groups in total. The maximum Gasteiger partial charge on any atom is 0.126 e. The van der Waals surface area contributed by atoms with Crippen molar-refractivity contribution < 1.29 is 4.74 Å². The Kier molecular flexibility index (Phi) is 3.27. The zero-order chi connectivity index (χ0) is 16.8. The minimum Gasteiger partial charge on any atom is -0.488 e. The van der Waals surface area contributed by atoms with Crippen molar-refractivity contribution in [3.8, 4) is 5.75 Å². The molecule has 0 aromatic heterocycles. The number of hydrogen-bond acceptors (Lipinski definition) is 1. The van der Waals surface area contributed by atoms with Gasteiger partial charge in [-0.25, -0.2) is 0 Å². The highest BCUT2D eigenvalue weighted by atomic mass is 16.5. The molecule has 0 unspecified atom stereocenters. The van der Waals surface area contributed by atoms with Gasteiger partial charge in [0.1, 0.15) is 12.4 Å². The van der Waals surface area contributed by atoms with E-state index in [1.165, 1.54) is 43.8 Å². The van der Waals surface area contributed by atoms with Gasteiger partial charge in [0.15, 0.2) is 0 Å². The number of rotatable bonds is 3. The molecule has 0 fully saturated rings. The summed E-state index contributed by atoms with van der Waals surface area (Å²) in [6.45, 7) is 2.79. The van der Waals surface area contributed by atoms with Crippen LogP contribution in [0.25, 0.3) is 21.5 Å². The molecule has 0 aliphatic heterocycles. The Balaban J connectivity index is 1.70. The van der Waals surface area contributed by atoms with Crippen LogP contribution >= 0.6 is 0 Å². The fraction of sp³-hybridized carbons (Fsp3) is 0.167. The zero-order valence-corrected chi connectivity index (χ0v) is 14.4. The molecule has 0 radical (unpaired) electrons. The summed E-state index contributed by atoms with van der Waals surface area (Å²) in [6, 6.07) is 23.9. The second-order valence-corrected chi connectivity index (χ2v) is 6.95. The standard InChI is InChI=1S/C24H20O/c1-16-14-20-11-10-18-8-5-9-19-12-13-21(23(20)22(18)19)24(16)25-15-17-6-3-2-4-7-17/h2-11,14H,12-13,15H2,1H3. The smallest absolute Gasteiger partial charge is 0.126 e. The molecule has 0 bridgehead atoms. The summed E-state index contributed by atoms with van der Waals surface area (Å²) in [7, 11) is 0. The van der Waals surface area contributed by atoms with Crippen LogP contribution in [-0.4, -0.2) is 0 Å². The Morgan fingerprint density at radius 1 is 0.800 bits per heavy atom. The van der Waals surface area contributed by atoms with E-state index in [1.807, 2.05) is 6.07 Å². The molecule has 0 heterocycles. The monoisotopic (exact) mass is 324 g/mol. The van der Waals surface area contributed by atoms with Gasteiger partial charge in [-0.3, -0.25) is 0 Å². The van der Waals surface area contributed by atoms with Crippen molar-refractivity contribution in [2.45, 2.75) is 26.4 Å². The molecule has 1 aliphatic rings. The summed E-state index contributed by atoms with van der Waals surface area (Å²) in [4.78, 5) is 0. The summed E-state index contributed by atoms with van der Waals surface area (Å²) >= 11 is 0. The fourth-order valence-electron chi connectivity index (χ4n) is 4.20. The van der Waals surface area contributed by atoms with Crippen LogP contribution in [0.3, 0.4) is 0 Å². The Morgan fingerprint density at radius 3 is 2.52 bits per heavy atom. The van der Waals surface area contributed by atoms with Gasteiger partial charge in [-0.2, -0.15) is 0 Å². The van der Waals surface area contributed by atoms with Crippen molar-refractivity contribution in [3.63, 3.8) is 0 Å². The topological polar surface area (TPSA) is 9.23 Å². The first kappa shape index (κ1) is 14.5. The third-order valence-electron chi connectivity index (χ3n) is 5.34. The predicted octanol–water partition coefficient (Wildman–Crippen LogP) is 5.98. The molecule has 0 saturated carbocycles. The van der Waals surface area contributed by atoms with Crippen LogP contribution in [0.2, 0.25) is 0 Å². The van der Waals surface area contributed by atoms with E-state index >= 15 is 0 Å². The molecule has 0 amide bonds. The zero-order valence-electron chi connectivity index (χ0n) is 14.4. The molecule has 1 nitrogen and oxygen atoms in total. The molecule has 4 aromatic carbocycles. The van der Waals surface area contributed by atoms with Gasteiger partial charge in [0.25, 0.3) is 0 Å². The highest BCUT2D eigenvalue weighted by Gasteiger charge is 2.20. The second-order valence-electron chi connectivity index (χ2n) is 6.95. The number of ether oxygens (including phenoxy) is 1. The second kappa shape index (κ2) is 5.63. The summed E-state index contributed by atoms with van der Waals surface area (Å²) in [6.07, 6.45) is 2.15. The van der Waals surface area contributed by atoms with Crippen LogP contribution in [0.5, 0.6) is 5.75 Å². The van der Waals surface area contributed by atoms with E-state index in [2.05, 4.69) is 67.6 Å². The van der Waals surface area contributed by atoms with Crippen LogP contribution in [0.4, 0.5) is 0 Å². The molecule has 4 aromatic rings. The Labute approximate surface area is 147 Å². The molecular formula is C24H20O. The van der Waals surface area contributed by atoms with E-state index in [4.69, 9.17) is 4.74 Å². The number of aryl methyl sites for hydroxylation is 3. The molecule has 0 atom stereocenters. The van der Waals surface area contributed by atoms with Crippen molar-refractivity contribution in [2.75, 3.05) is 0 Å². The minimum atomic E-state index is 0.623. The Hall–Kier alpha value is -2.80. The molecule has 0 saturated heterocycles. The lowest BCUT2D eigenvalue weighted by Crippen LogP contribution is -2.06. The Bertz CT molecular complexity index is 1090. The highest BCUT2D eigenvalue weighted by Crippen LogP contribution is 2.41. The largest absolute Gasteiger partial charge is 0.488 e. The molecule has 1 heteroatoms. The first-order valence-corrected chi connectivity index (χ1v) is 8.95. The summed E-state index contributed by atoms with van der Waals surface area (Å²) in [5.41, 5.74) is 5.30. The number of benzene rings is 4. The average molecular weight is 324 g/mol. The molecule has 5 rings (SSSR count). The van der Waals surface area contributed by atoms with Crippen LogP contribution < -0.4 is 4.74 Å². The lowest BCUT2D eigenvalue weighted by molar-refractivity contribution is 0.301. The van der Waals surface area contributed by atoms with Crippen molar-refractivity contribution in [3.05, 3.63) is 89.0 Å². The lowest BCUT2D eigenvalue weighted by Gasteiger charge is -2.23. The highest BCUT2D eigenvalue weighted by molar-refractivity contribution is 6.12. The van der Waals surface area contributed by atoms with Gasteiger partial charge in [-0.05, 0) is 64.1 Å². The van der Waals surface area contributed by atoms with Crippen molar-refractivity contribution in [1.29, 1.82) is 0 Å². The SMILES string of the molecule is Cc1cc2ccc3cccc4c3c2c(c1OCc1ccccc1)CC4. The lowest BCUT2D eigenvalue weighted by atomic mass is 9.84. The van der Waals surface area contributed by atoms with Gasteiger partial charge >= 0.3 is 0 Å². The average Bonchev–Trinajstić information content (AvgIpc) is 2.66. The van der Waals surface area contributed by atoms with Crippen LogP contribution in [0.1, 0.15) is 22.3 Å². The quantitative estimate of drug-likeness (QED) is 0.421. The first-order valence-electron chi connectivity index (χ1n) is 8.95. The summed E-state index contributed by atoms with van der Waals surface area (Å²) in [5.74, 6) is 1.08. The van der Waals surface area contributed by atoms with E-state index in [0.29, 0.717) is 6.61 Å². The maximum absolute atomic E-state index is 6.33. The molecular weight excluding hydrogens is 304 g/mol. The van der Waals surface area contributed by atoms with E-state index in [-0.39, 0.29) is 0 Å². The molecule has 25 heavy (non-hydrogen) atoms. The summed E-state index contributed by atoms with van der Waals surface area (Å²) in [5, 5.41) is 5.49. The molecule has 1 aliphatic carbocycles. The van der Waals surface area contributed by atoms with E-state index in [9.17, 15) is 0 Å². The van der Waals surface area contributed by atoms with Gasteiger partial charge in [-0.15, -0.1) is 0 Å². The predicted molar refractivity (Wildman–Crippen MR) is 104 cm³/mol. The van der Waals surface area contributed by atoms with Gasteiger partial charge in [0.05, 0.1) is 0 Å². The van der Waals surface area contributed by atoms with E-state index in [1.54, 1.807) is 0 Å². The third-order valence-corrected chi connectivity index (χ3v) is 5.34.